The molecular weight excluding hydrogens is 256 g/mol. The molecule has 0 aliphatic carbocycles. The van der Waals surface area contributed by atoms with Crippen LogP contribution >= 0.6 is 0 Å². The van der Waals surface area contributed by atoms with Gasteiger partial charge in [0.1, 0.15) is 5.60 Å². The van der Waals surface area contributed by atoms with Crippen molar-refractivity contribution in [2.75, 3.05) is 26.3 Å². The van der Waals surface area contributed by atoms with Crippen LogP contribution in [0.25, 0.3) is 0 Å². The molecule has 5 heteroatoms. The lowest BCUT2D eigenvalue weighted by molar-refractivity contribution is 0.0514. The van der Waals surface area contributed by atoms with Crippen molar-refractivity contribution in [1.29, 1.82) is 0 Å². The molecule has 2 atom stereocenters. The Morgan fingerprint density at radius 2 is 2.05 bits per heavy atom. The number of nitrogens with one attached hydrogen (secondary N) is 2. The topological polar surface area (TPSA) is 59.6 Å². The number of hydrogen-bond acceptors (Lipinski definition) is 4. The number of carbonyl (C=O) groups excluding carboxylic acids is 1. The van der Waals surface area contributed by atoms with E-state index in [1.54, 1.807) is 0 Å². The highest BCUT2D eigenvalue weighted by Gasteiger charge is 2.21. The fourth-order valence-corrected chi connectivity index (χ4v) is 2.09. The number of hydrogen-bond donors (Lipinski definition) is 2. The van der Waals surface area contributed by atoms with Gasteiger partial charge in [0.05, 0.1) is 6.61 Å². The molecule has 1 heterocycles. The van der Waals surface area contributed by atoms with Crippen molar-refractivity contribution >= 4 is 6.09 Å². The van der Waals surface area contributed by atoms with E-state index in [0.29, 0.717) is 24.4 Å². The second kappa shape index (κ2) is 7.84. The fraction of sp³-hybridized carbons (Fsp3) is 0.933. The standard InChI is InChI=1S/C15H30N2O3/c1-11(2)12(8-16-13-6-7-19-10-13)9-17-14(18)20-15(3,4)5/h11-13,16H,6-10H2,1-5H3,(H,17,18). The molecule has 1 rings (SSSR count). The van der Waals surface area contributed by atoms with E-state index < -0.39 is 5.60 Å². The van der Waals surface area contributed by atoms with Crippen LogP contribution in [0.5, 0.6) is 0 Å². The fourth-order valence-electron chi connectivity index (χ4n) is 2.09. The highest BCUT2D eigenvalue weighted by molar-refractivity contribution is 5.67. The van der Waals surface area contributed by atoms with Crippen molar-refractivity contribution < 1.29 is 14.3 Å². The third-order valence-corrected chi connectivity index (χ3v) is 3.45. The molecule has 0 aromatic carbocycles. The summed E-state index contributed by atoms with van der Waals surface area (Å²) in [5, 5.41) is 6.38. The van der Waals surface area contributed by atoms with E-state index in [-0.39, 0.29) is 6.09 Å². The summed E-state index contributed by atoms with van der Waals surface area (Å²) in [6.07, 6.45) is 0.733. The van der Waals surface area contributed by atoms with Gasteiger partial charge in [-0.2, -0.15) is 0 Å². The van der Waals surface area contributed by atoms with E-state index in [0.717, 1.165) is 26.2 Å². The molecule has 1 amide bonds. The lowest BCUT2D eigenvalue weighted by atomic mass is 9.95. The first kappa shape index (κ1) is 17.2. The minimum absolute atomic E-state index is 0.340. The largest absolute Gasteiger partial charge is 0.444 e. The van der Waals surface area contributed by atoms with Gasteiger partial charge in [0.2, 0.25) is 0 Å². The summed E-state index contributed by atoms with van der Waals surface area (Å²) < 4.78 is 10.6. The quantitative estimate of drug-likeness (QED) is 0.785. The first-order chi connectivity index (χ1) is 9.28. The smallest absolute Gasteiger partial charge is 0.407 e. The molecule has 0 aromatic heterocycles. The minimum atomic E-state index is -0.448. The minimum Gasteiger partial charge on any atom is -0.444 e. The number of alkyl carbamates (subject to hydrolysis) is 1. The van der Waals surface area contributed by atoms with E-state index in [4.69, 9.17) is 9.47 Å². The molecule has 5 nitrogen and oxygen atoms in total. The number of carbonyl (C=O) groups is 1. The summed E-state index contributed by atoms with van der Waals surface area (Å²) in [6, 6.07) is 0.456. The highest BCUT2D eigenvalue weighted by Crippen LogP contribution is 2.12. The number of ether oxygens (including phenoxy) is 2. The molecule has 0 bridgehead atoms. The first-order valence-electron chi connectivity index (χ1n) is 7.56. The van der Waals surface area contributed by atoms with Crippen molar-refractivity contribution in [3.05, 3.63) is 0 Å². The van der Waals surface area contributed by atoms with E-state index in [2.05, 4.69) is 24.5 Å². The molecule has 0 saturated carbocycles. The van der Waals surface area contributed by atoms with Gasteiger partial charge in [-0.3, -0.25) is 0 Å². The first-order valence-corrected chi connectivity index (χ1v) is 7.56. The van der Waals surface area contributed by atoms with Crippen LogP contribution in [0.3, 0.4) is 0 Å². The van der Waals surface area contributed by atoms with E-state index in [1.165, 1.54) is 0 Å². The summed E-state index contributed by atoms with van der Waals surface area (Å²) in [5.41, 5.74) is -0.448. The van der Waals surface area contributed by atoms with Crippen molar-refractivity contribution in [1.82, 2.24) is 10.6 Å². The van der Waals surface area contributed by atoms with Gasteiger partial charge < -0.3 is 20.1 Å². The predicted molar refractivity (Wildman–Crippen MR) is 79.8 cm³/mol. The molecule has 0 radical (unpaired) electrons. The van der Waals surface area contributed by atoms with Gasteiger partial charge in [0.25, 0.3) is 0 Å². The average Bonchev–Trinajstić information content (AvgIpc) is 2.78. The van der Waals surface area contributed by atoms with E-state index in [1.807, 2.05) is 20.8 Å². The summed E-state index contributed by atoms with van der Waals surface area (Å²) in [5.74, 6) is 0.892. The van der Waals surface area contributed by atoms with Crippen LogP contribution in [0.15, 0.2) is 0 Å². The van der Waals surface area contributed by atoms with Crippen LogP contribution in [0, 0.1) is 11.8 Å². The lowest BCUT2D eigenvalue weighted by Crippen LogP contribution is -2.42. The molecule has 1 aliphatic heterocycles. The Hall–Kier alpha value is -0.810. The average molecular weight is 286 g/mol. The van der Waals surface area contributed by atoms with Crippen molar-refractivity contribution in [2.24, 2.45) is 11.8 Å². The van der Waals surface area contributed by atoms with Gasteiger partial charge in [0, 0.05) is 25.7 Å². The molecule has 2 unspecified atom stereocenters. The molecular formula is C15H30N2O3. The van der Waals surface area contributed by atoms with Gasteiger partial charge in [-0.15, -0.1) is 0 Å². The SMILES string of the molecule is CC(C)C(CNC(=O)OC(C)(C)C)CNC1CCOC1. The highest BCUT2D eigenvalue weighted by atomic mass is 16.6. The Bertz CT molecular complexity index is 294. The second-order valence-electron chi connectivity index (χ2n) is 6.86. The molecule has 20 heavy (non-hydrogen) atoms. The molecule has 118 valence electrons. The van der Waals surface area contributed by atoms with Crippen LogP contribution in [0.2, 0.25) is 0 Å². The Labute approximate surface area is 122 Å². The predicted octanol–water partition coefficient (Wildman–Crippen LogP) is 2.16. The maximum Gasteiger partial charge on any atom is 0.407 e. The zero-order chi connectivity index (χ0) is 15.2. The van der Waals surface area contributed by atoms with Crippen LogP contribution in [-0.2, 0) is 9.47 Å². The summed E-state index contributed by atoms with van der Waals surface area (Å²) in [4.78, 5) is 11.7. The van der Waals surface area contributed by atoms with Gasteiger partial charge in [-0.1, -0.05) is 13.8 Å². The third-order valence-electron chi connectivity index (χ3n) is 3.45. The van der Waals surface area contributed by atoms with Crippen molar-refractivity contribution in [3.8, 4) is 0 Å². The van der Waals surface area contributed by atoms with Crippen LogP contribution < -0.4 is 10.6 Å². The summed E-state index contributed by atoms with van der Waals surface area (Å²) in [7, 11) is 0. The van der Waals surface area contributed by atoms with Gasteiger partial charge in [-0.05, 0) is 39.0 Å². The number of amides is 1. The zero-order valence-electron chi connectivity index (χ0n) is 13.5. The van der Waals surface area contributed by atoms with E-state index >= 15 is 0 Å². The molecule has 0 aromatic rings. The summed E-state index contributed by atoms with van der Waals surface area (Å²) >= 11 is 0. The van der Waals surface area contributed by atoms with Crippen LogP contribution in [0.4, 0.5) is 4.79 Å². The normalized spacial score (nSPS) is 21.0. The zero-order valence-corrected chi connectivity index (χ0v) is 13.5. The molecule has 2 N–H and O–H groups in total. The second-order valence-corrected chi connectivity index (χ2v) is 6.86. The van der Waals surface area contributed by atoms with Crippen molar-refractivity contribution in [3.63, 3.8) is 0 Å². The summed E-state index contributed by atoms with van der Waals surface area (Å²) in [6.45, 7) is 13.1. The monoisotopic (exact) mass is 286 g/mol. The third kappa shape index (κ3) is 7.10. The maximum atomic E-state index is 11.7. The molecule has 0 spiro atoms. The Morgan fingerprint density at radius 3 is 2.55 bits per heavy atom. The van der Waals surface area contributed by atoms with Crippen LogP contribution in [-0.4, -0.2) is 44.0 Å². The van der Waals surface area contributed by atoms with E-state index in [9.17, 15) is 4.79 Å². The van der Waals surface area contributed by atoms with Gasteiger partial charge in [-0.25, -0.2) is 4.79 Å². The number of rotatable bonds is 6. The molecule has 1 fully saturated rings. The van der Waals surface area contributed by atoms with Crippen molar-refractivity contribution in [2.45, 2.75) is 52.7 Å². The van der Waals surface area contributed by atoms with Crippen LogP contribution in [0.1, 0.15) is 41.0 Å². The molecule has 1 aliphatic rings. The Kier molecular flexibility index (Phi) is 6.76. The van der Waals surface area contributed by atoms with Gasteiger partial charge >= 0.3 is 6.09 Å². The maximum absolute atomic E-state index is 11.7. The lowest BCUT2D eigenvalue weighted by Gasteiger charge is -2.25. The Morgan fingerprint density at radius 1 is 1.35 bits per heavy atom. The van der Waals surface area contributed by atoms with Gasteiger partial charge in [0.15, 0.2) is 0 Å². The Balaban J connectivity index is 2.29. The molecule has 1 saturated heterocycles.